The average Bonchev–Trinajstić information content (AvgIpc) is 2.56. The number of aliphatic imine (C=N–C) groups is 1. The van der Waals surface area contributed by atoms with Crippen molar-refractivity contribution in [3.8, 4) is 0 Å². The van der Waals surface area contributed by atoms with Crippen molar-refractivity contribution in [1.82, 2.24) is 15.2 Å². The number of nitrogens with two attached hydrogens (primary N) is 1. The van der Waals surface area contributed by atoms with Gasteiger partial charge in [-0.3, -0.25) is 15.2 Å². The molecule has 0 aromatic carbocycles. The lowest BCUT2D eigenvalue weighted by Gasteiger charge is -2.26. The van der Waals surface area contributed by atoms with Crippen LogP contribution in [0.25, 0.3) is 0 Å². The predicted molar refractivity (Wildman–Crippen MR) is 92.7 cm³/mol. The summed E-state index contributed by atoms with van der Waals surface area (Å²) in [7, 11) is 2.02. The summed E-state index contributed by atoms with van der Waals surface area (Å²) in [6.45, 7) is 1.62. The molecule has 0 atom stereocenters. The maximum atomic E-state index is 13.0. The highest BCUT2D eigenvalue weighted by molar-refractivity contribution is 6.24. The third-order valence-corrected chi connectivity index (χ3v) is 3.98. The zero-order valence-electron chi connectivity index (χ0n) is 13.6. The Balaban J connectivity index is 1.89. The Morgan fingerprint density at radius 3 is 2.96 bits per heavy atom. The number of rotatable bonds is 3. The number of halogens is 1. The van der Waals surface area contributed by atoms with Gasteiger partial charge in [0, 0.05) is 25.5 Å². The second kappa shape index (κ2) is 6.81. The molecule has 130 valence electrons. The fourth-order valence-corrected chi connectivity index (χ4v) is 2.76. The lowest BCUT2D eigenvalue weighted by molar-refractivity contribution is -0.112. The van der Waals surface area contributed by atoms with E-state index in [4.69, 9.17) is 11.1 Å². The van der Waals surface area contributed by atoms with Gasteiger partial charge in [-0.15, -0.1) is 0 Å². The fourth-order valence-electron chi connectivity index (χ4n) is 2.76. The summed E-state index contributed by atoms with van der Waals surface area (Å²) in [5.41, 5.74) is 8.00. The van der Waals surface area contributed by atoms with Gasteiger partial charge in [0.05, 0.1) is 18.1 Å². The second-order valence-electron chi connectivity index (χ2n) is 5.84. The zero-order chi connectivity index (χ0) is 18.0. The summed E-state index contributed by atoms with van der Waals surface area (Å²) < 4.78 is 13.0. The summed E-state index contributed by atoms with van der Waals surface area (Å²) in [5, 5.41) is 12.9. The van der Waals surface area contributed by atoms with E-state index in [-0.39, 0.29) is 11.4 Å². The average molecular weight is 343 g/mol. The molecule has 0 saturated carbocycles. The van der Waals surface area contributed by atoms with E-state index in [1.165, 1.54) is 0 Å². The van der Waals surface area contributed by atoms with Crippen LogP contribution in [0.5, 0.6) is 0 Å². The first-order chi connectivity index (χ1) is 12.0. The summed E-state index contributed by atoms with van der Waals surface area (Å²) >= 11 is 0. The zero-order valence-corrected chi connectivity index (χ0v) is 13.6. The first-order valence-corrected chi connectivity index (χ1v) is 7.66. The lowest BCUT2D eigenvalue weighted by Crippen LogP contribution is -2.31. The maximum Gasteiger partial charge on any atom is 0.263 e. The van der Waals surface area contributed by atoms with Crippen LogP contribution in [0.3, 0.4) is 0 Å². The van der Waals surface area contributed by atoms with E-state index in [9.17, 15) is 9.18 Å². The highest BCUT2D eigenvalue weighted by Crippen LogP contribution is 2.25. The number of carbonyl (C=O) groups excluding carboxylic acids is 1. The standard InChI is InChI=1S/C16H18FN7O/c1-24-3-2-11-9(8-24)4-20-7-12(11)23-16(25)13(14(18)19)15-21-5-10(17)6-22-15/h4-7,21H,2-3,8H2,1H3,(H3,18,19)(H,23,25)/b15-13-. The predicted octanol–water partition coefficient (Wildman–Crippen LogP) is 0.640. The molecule has 1 amide bonds. The topological polar surface area (TPSA) is 119 Å². The van der Waals surface area contributed by atoms with Crippen LogP contribution in [0.4, 0.5) is 10.1 Å². The second-order valence-corrected chi connectivity index (χ2v) is 5.84. The number of nitrogens with zero attached hydrogens (tertiary/aromatic N) is 3. The van der Waals surface area contributed by atoms with Gasteiger partial charge in [-0.25, -0.2) is 9.38 Å². The number of amidine groups is 1. The molecule has 0 saturated heterocycles. The largest absolute Gasteiger partial charge is 0.383 e. The van der Waals surface area contributed by atoms with Crippen molar-refractivity contribution in [2.45, 2.75) is 13.0 Å². The third-order valence-electron chi connectivity index (χ3n) is 3.98. The molecular weight excluding hydrogens is 325 g/mol. The van der Waals surface area contributed by atoms with Crippen LogP contribution in [-0.4, -0.2) is 41.4 Å². The molecule has 0 bridgehead atoms. The molecule has 8 nitrogen and oxygen atoms in total. The molecule has 0 radical (unpaired) electrons. The van der Waals surface area contributed by atoms with Crippen molar-refractivity contribution in [1.29, 1.82) is 5.41 Å². The maximum absolute atomic E-state index is 13.0. The number of carbonyl (C=O) groups is 1. The van der Waals surface area contributed by atoms with Crippen molar-refractivity contribution >= 4 is 23.6 Å². The van der Waals surface area contributed by atoms with Crippen LogP contribution in [0, 0.1) is 5.41 Å². The Bertz CT molecular complexity index is 828. The van der Waals surface area contributed by atoms with Crippen LogP contribution in [-0.2, 0) is 17.8 Å². The molecule has 0 fully saturated rings. The van der Waals surface area contributed by atoms with Crippen LogP contribution in [0.1, 0.15) is 11.1 Å². The van der Waals surface area contributed by atoms with Gasteiger partial charge in [-0.05, 0) is 24.6 Å². The molecule has 1 aromatic rings. The number of hydrogen-bond donors (Lipinski definition) is 4. The Morgan fingerprint density at radius 2 is 2.28 bits per heavy atom. The van der Waals surface area contributed by atoms with E-state index < -0.39 is 17.6 Å². The Kier molecular flexibility index (Phi) is 4.57. The van der Waals surface area contributed by atoms with Gasteiger partial charge >= 0.3 is 0 Å². The van der Waals surface area contributed by atoms with E-state index in [0.717, 1.165) is 43.1 Å². The van der Waals surface area contributed by atoms with Crippen molar-refractivity contribution in [3.63, 3.8) is 0 Å². The van der Waals surface area contributed by atoms with Gasteiger partial charge < -0.3 is 21.3 Å². The van der Waals surface area contributed by atoms with Crippen molar-refractivity contribution in [2.75, 3.05) is 18.9 Å². The normalized spacial score (nSPS) is 18.7. The van der Waals surface area contributed by atoms with Crippen LogP contribution >= 0.6 is 0 Å². The number of anilines is 1. The number of nitrogens with one attached hydrogen (secondary N) is 3. The summed E-state index contributed by atoms with van der Waals surface area (Å²) in [6.07, 6.45) is 6.12. The number of amides is 1. The quantitative estimate of drug-likeness (QED) is 0.365. The molecule has 3 heterocycles. The minimum atomic E-state index is -0.600. The Labute approximate surface area is 143 Å². The molecule has 3 rings (SSSR count). The number of allylic oxidation sites excluding steroid dienone is 1. The van der Waals surface area contributed by atoms with Crippen LogP contribution in [0.15, 0.2) is 40.8 Å². The van der Waals surface area contributed by atoms with Gasteiger partial charge in [-0.1, -0.05) is 0 Å². The number of fused-ring (bicyclic) bond motifs is 1. The van der Waals surface area contributed by atoms with Gasteiger partial charge in [0.25, 0.3) is 5.91 Å². The minimum Gasteiger partial charge on any atom is -0.383 e. The van der Waals surface area contributed by atoms with Crippen molar-refractivity contribution in [2.24, 2.45) is 10.7 Å². The number of hydrogen-bond acceptors (Lipinski definition) is 6. The van der Waals surface area contributed by atoms with Crippen molar-refractivity contribution < 1.29 is 9.18 Å². The number of aromatic nitrogens is 1. The minimum absolute atomic E-state index is 0.0175. The number of pyridine rings is 1. The van der Waals surface area contributed by atoms with Gasteiger partial charge in [0.15, 0.2) is 5.83 Å². The smallest absolute Gasteiger partial charge is 0.263 e. The molecule has 0 spiro atoms. The molecule has 25 heavy (non-hydrogen) atoms. The third kappa shape index (κ3) is 3.56. The fraction of sp³-hybridized carbons (Fsp3) is 0.250. The van der Waals surface area contributed by atoms with Gasteiger partial charge in [-0.2, -0.15) is 0 Å². The monoisotopic (exact) mass is 343 g/mol. The first-order valence-electron chi connectivity index (χ1n) is 7.66. The SMILES string of the molecule is CN1CCc2c(cncc2NC(=O)/C(C(=N)N)=C2\N=CC(F)=CN2)C1. The molecule has 9 heteroatoms. The van der Waals surface area contributed by atoms with E-state index >= 15 is 0 Å². The molecule has 1 aromatic heterocycles. The highest BCUT2D eigenvalue weighted by atomic mass is 19.1. The van der Waals surface area contributed by atoms with E-state index in [1.54, 1.807) is 12.4 Å². The van der Waals surface area contributed by atoms with Crippen molar-refractivity contribution in [3.05, 3.63) is 46.9 Å². The van der Waals surface area contributed by atoms with Crippen LogP contribution in [0.2, 0.25) is 0 Å². The number of likely N-dealkylation sites (N-methyl/N-ethyl adjacent to an activating group) is 1. The van der Waals surface area contributed by atoms with E-state index in [0.29, 0.717) is 5.69 Å². The Morgan fingerprint density at radius 1 is 1.48 bits per heavy atom. The summed E-state index contributed by atoms with van der Waals surface area (Å²) in [5.74, 6) is -1.64. The van der Waals surface area contributed by atoms with Gasteiger partial charge in [0.1, 0.15) is 17.2 Å². The highest BCUT2D eigenvalue weighted by Gasteiger charge is 2.23. The molecule has 0 unspecified atom stereocenters. The molecule has 2 aliphatic rings. The molecular formula is C16H18FN7O. The molecule has 5 N–H and O–H groups in total. The van der Waals surface area contributed by atoms with E-state index in [1.807, 2.05) is 7.05 Å². The lowest BCUT2D eigenvalue weighted by atomic mass is 10.0. The summed E-state index contributed by atoms with van der Waals surface area (Å²) in [6, 6.07) is 0. The Hall–Kier alpha value is -3.07. The molecule has 2 aliphatic heterocycles. The summed E-state index contributed by atoms with van der Waals surface area (Å²) in [4.78, 5) is 22.7. The van der Waals surface area contributed by atoms with Gasteiger partial charge in [0.2, 0.25) is 0 Å². The van der Waals surface area contributed by atoms with Crippen LogP contribution < -0.4 is 16.4 Å². The molecule has 0 aliphatic carbocycles. The van der Waals surface area contributed by atoms with E-state index in [2.05, 4.69) is 25.5 Å². The first kappa shape index (κ1) is 16.8.